The van der Waals surface area contributed by atoms with Crippen molar-refractivity contribution in [2.45, 2.75) is 30.7 Å². The number of nitrogens with zero attached hydrogens (tertiary/aromatic N) is 4. The van der Waals surface area contributed by atoms with Crippen LogP contribution in [-0.2, 0) is 21.4 Å². The molecule has 0 unspecified atom stereocenters. The number of sulfonamides is 1. The molecule has 2 aliphatic rings. The van der Waals surface area contributed by atoms with Crippen LogP contribution in [0.1, 0.15) is 19.3 Å². The third kappa shape index (κ3) is 4.85. The zero-order valence-corrected chi connectivity index (χ0v) is 20.9. The SMILES string of the molecule is O=C(CCn1c(=O)sc2cc(S(=O)(=O)N3CCN(c4ccc(F)cc4)CC3)ccc21)N1CCCC1. The molecule has 186 valence electrons. The van der Waals surface area contributed by atoms with Gasteiger partial charge in [0.05, 0.1) is 15.1 Å². The number of aromatic nitrogens is 1. The largest absolute Gasteiger partial charge is 0.369 e. The molecule has 2 saturated heterocycles. The first kappa shape index (κ1) is 24.0. The van der Waals surface area contributed by atoms with E-state index in [0.717, 1.165) is 43.0 Å². The number of halogens is 1. The first-order valence-electron chi connectivity index (χ1n) is 11.7. The van der Waals surface area contributed by atoms with Gasteiger partial charge in [-0.05, 0) is 55.3 Å². The lowest BCUT2D eigenvalue weighted by Crippen LogP contribution is -2.48. The number of amides is 1. The van der Waals surface area contributed by atoms with Crippen LogP contribution in [0.4, 0.5) is 10.1 Å². The van der Waals surface area contributed by atoms with E-state index in [2.05, 4.69) is 0 Å². The number of hydrogen-bond acceptors (Lipinski definition) is 6. The Kier molecular flexibility index (Phi) is 6.65. The number of carbonyl (C=O) groups is 1. The average molecular weight is 519 g/mol. The topological polar surface area (TPSA) is 82.9 Å². The van der Waals surface area contributed by atoms with Gasteiger partial charge < -0.3 is 9.80 Å². The average Bonchev–Trinajstić information content (AvgIpc) is 3.50. The molecule has 0 saturated carbocycles. The molecule has 2 aromatic carbocycles. The molecule has 0 atom stereocenters. The lowest BCUT2D eigenvalue weighted by molar-refractivity contribution is -0.130. The third-order valence-electron chi connectivity index (χ3n) is 6.72. The molecule has 1 aromatic heterocycles. The van der Waals surface area contributed by atoms with Gasteiger partial charge in [-0.15, -0.1) is 0 Å². The molecule has 35 heavy (non-hydrogen) atoms. The van der Waals surface area contributed by atoms with Crippen molar-refractivity contribution in [2.24, 2.45) is 0 Å². The predicted octanol–water partition coefficient (Wildman–Crippen LogP) is 2.73. The molecule has 5 rings (SSSR count). The van der Waals surface area contributed by atoms with Crippen molar-refractivity contribution >= 4 is 43.2 Å². The van der Waals surface area contributed by atoms with Gasteiger partial charge in [-0.25, -0.2) is 12.8 Å². The highest BCUT2D eigenvalue weighted by Gasteiger charge is 2.29. The number of likely N-dealkylation sites (tertiary alicyclic amines) is 1. The first-order valence-corrected chi connectivity index (χ1v) is 14.0. The fraction of sp³-hybridized carbons (Fsp3) is 0.417. The van der Waals surface area contributed by atoms with E-state index in [9.17, 15) is 22.4 Å². The van der Waals surface area contributed by atoms with Crippen LogP contribution < -0.4 is 9.77 Å². The van der Waals surface area contributed by atoms with Crippen LogP contribution in [0.15, 0.2) is 52.2 Å². The molecule has 0 radical (unpaired) electrons. The van der Waals surface area contributed by atoms with Crippen LogP contribution in [-0.4, -0.2) is 67.4 Å². The van der Waals surface area contributed by atoms with Gasteiger partial charge in [0.25, 0.3) is 0 Å². The summed E-state index contributed by atoms with van der Waals surface area (Å²) in [6.45, 7) is 3.46. The van der Waals surface area contributed by atoms with E-state index >= 15 is 0 Å². The van der Waals surface area contributed by atoms with Crippen molar-refractivity contribution in [1.29, 1.82) is 0 Å². The van der Waals surface area contributed by atoms with Crippen LogP contribution in [0.25, 0.3) is 10.2 Å². The minimum absolute atomic E-state index is 0.0488. The second kappa shape index (κ2) is 9.71. The number of rotatable bonds is 6. The molecule has 2 fully saturated rings. The molecule has 8 nitrogen and oxygen atoms in total. The predicted molar refractivity (Wildman–Crippen MR) is 134 cm³/mol. The van der Waals surface area contributed by atoms with Gasteiger partial charge in [0.2, 0.25) is 15.9 Å². The van der Waals surface area contributed by atoms with Crippen LogP contribution >= 0.6 is 11.3 Å². The summed E-state index contributed by atoms with van der Waals surface area (Å²) < 4.78 is 43.4. The normalized spacial score (nSPS) is 17.4. The molecule has 0 N–H and O–H groups in total. The molecule has 11 heteroatoms. The molecule has 1 amide bonds. The highest BCUT2D eigenvalue weighted by Crippen LogP contribution is 2.26. The minimum atomic E-state index is -3.72. The van der Waals surface area contributed by atoms with Crippen molar-refractivity contribution in [1.82, 2.24) is 13.8 Å². The van der Waals surface area contributed by atoms with Crippen molar-refractivity contribution in [3.05, 3.63) is 57.9 Å². The van der Waals surface area contributed by atoms with Gasteiger partial charge in [0, 0.05) is 57.9 Å². The van der Waals surface area contributed by atoms with Crippen molar-refractivity contribution in [3.8, 4) is 0 Å². The maximum absolute atomic E-state index is 13.3. The second-order valence-electron chi connectivity index (χ2n) is 8.85. The summed E-state index contributed by atoms with van der Waals surface area (Å²) in [5.74, 6) is -0.257. The number of anilines is 1. The van der Waals surface area contributed by atoms with Crippen LogP contribution in [0, 0.1) is 5.82 Å². The van der Waals surface area contributed by atoms with Gasteiger partial charge in [-0.2, -0.15) is 4.31 Å². The number of benzene rings is 2. The van der Waals surface area contributed by atoms with Gasteiger partial charge in [-0.3, -0.25) is 14.2 Å². The summed E-state index contributed by atoms with van der Waals surface area (Å²) in [7, 11) is -3.72. The molecule has 3 aromatic rings. The fourth-order valence-corrected chi connectivity index (χ4v) is 7.22. The molecule has 0 bridgehead atoms. The number of piperazine rings is 1. The lowest BCUT2D eigenvalue weighted by Gasteiger charge is -2.35. The van der Waals surface area contributed by atoms with Crippen molar-refractivity contribution in [2.75, 3.05) is 44.2 Å². The Hall–Kier alpha value is -2.76. The Labute approximate surface area is 207 Å². The standard InChI is InChI=1S/C24H27FN4O4S2/c25-18-3-5-19(6-4-18)26-13-15-28(16-14-26)35(32,33)20-7-8-21-22(17-20)34-24(31)29(21)12-9-23(30)27-10-1-2-11-27/h3-8,17H,1-2,9-16H2. The summed E-state index contributed by atoms with van der Waals surface area (Å²) >= 11 is 0.999. The van der Waals surface area contributed by atoms with Gasteiger partial charge in [-0.1, -0.05) is 11.3 Å². The smallest absolute Gasteiger partial charge is 0.308 e. The van der Waals surface area contributed by atoms with E-state index < -0.39 is 10.0 Å². The summed E-state index contributed by atoms with van der Waals surface area (Å²) in [6.07, 6.45) is 2.29. The maximum atomic E-state index is 13.3. The van der Waals surface area contributed by atoms with E-state index in [1.807, 2.05) is 9.80 Å². The number of hydrogen-bond donors (Lipinski definition) is 0. The monoisotopic (exact) mass is 518 g/mol. The quantitative estimate of drug-likeness (QED) is 0.501. The Morgan fingerprint density at radius 3 is 2.31 bits per heavy atom. The van der Waals surface area contributed by atoms with E-state index in [1.54, 1.807) is 28.8 Å². The number of carbonyl (C=O) groups excluding carboxylic acids is 1. The first-order chi connectivity index (χ1) is 16.8. The maximum Gasteiger partial charge on any atom is 0.308 e. The molecule has 0 aliphatic carbocycles. The van der Waals surface area contributed by atoms with Crippen LogP contribution in [0.5, 0.6) is 0 Å². The Morgan fingerprint density at radius 1 is 0.943 bits per heavy atom. The molecule has 0 spiro atoms. The zero-order valence-electron chi connectivity index (χ0n) is 19.2. The van der Waals surface area contributed by atoms with Crippen LogP contribution in [0.3, 0.4) is 0 Å². The minimum Gasteiger partial charge on any atom is -0.369 e. The van der Waals surface area contributed by atoms with Gasteiger partial charge in [0.1, 0.15) is 5.82 Å². The van der Waals surface area contributed by atoms with Crippen molar-refractivity contribution < 1.29 is 17.6 Å². The fourth-order valence-electron chi connectivity index (χ4n) is 4.74. The van der Waals surface area contributed by atoms with Crippen molar-refractivity contribution in [3.63, 3.8) is 0 Å². The van der Waals surface area contributed by atoms with Gasteiger partial charge in [0.15, 0.2) is 0 Å². The highest BCUT2D eigenvalue weighted by molar-refractivity contribution is 7.89. The van der Waals surface area contributed by atoms with E-state index in [1.165, 1.54) is 22.5 Å². The highest BCUT2D eigenvalue weighted by atomic mass is 32.2. The van der Waals surface area contributed by atoms with E-state index in [4.69, 9.17) is 0 Å². The third-order valence-corrected chi connectivity index (χ3v) is 9.55. The molecular formula is C24H27FN4O4S2. The van der Waals surface area contributed by atoms with Crippen LogP contribution in [0.2, 0.25) is 0 Å². The van der Waals surface area contributed by atoms with E-state index in [0.29, 0.717) is 36.4 Å². The zero-order chi connectivity index (χ0) is 24.6. The summed E-state index contributed by atoms with van der Waals surface area (Å²) in [5.41, 5.74) is 1.51. The number of fused-ring (bicyclic) bond motifs is 1. The molecule has 3 heterocycles. The lowest BCUT2D eigenvalue weighted by atomic mass is 10.2. The number of aryl methyl sites for hydroxylation is 1. The summed E-state index contributed by atoms with van der Waals surface area (Å²) in [5, 5.41) is 0. The molecule has 2 aliphatic heterocycles. The second-order valence-corrected chi connectivity index (χ2v) is 11.8. The molecular weight excluding hydrogens is 491 g/mol. The Morgan fingerprint density at radius 2 is 1.63 bits per heavy atom. The number of thiazole rings is 1. The summed E-state index contributed by atoms with van der Waals surface area (Å²) in [4.78, 5) is 28.8. The summed E-state index contributed by atoms with van der Waals surface area (Å²) in [6, 6.07) is 10.9. The van der Waals surface area contributed by atoms with E-state index in [-0.39, 0.29) is 34.5 Å². The Balaban J connectivity index is 1.29. The Bertz CT molecular complexity index is 1390. The van der Waals surface area contributed by atoms with Gasteiger partial charge >= 0.3 is 4.87 Å².